The maximum absolute atomic E-state index is 5.87. The number of nitrogens with one attached hydrogen (secondary N) is 1. The molecule has 16 heavy (non-hydrogen) atoms. The number of hydrazine groups is 1. The van der Waals surface area contributed by atoms with E-state index >= 15 is 0 Å². The van der Waals surface area contributed by atoms with Crippen LogP contribution in [-0.2, 0) is 4.74 Å². The Kier molecular flexibility index (Phi) is 4.95. The molecule has 0 fully saturated rings. The predicted molar refractivity (Wildman–Crippen MR) is 64.8 cm³/mol. The van der Waals surface area contributed by atoms with Gasteiger partial charge in [0.25, 0.3) is 0 Å². The molecule has 2 atom stereocenters. The molecule has 0 amide bonds. The second-order valence-corrected chi connectivity index (χ2v) is 3.87. The lowest BCUT2D eigenvalue weighted by Crippen LogP contribution is -2.37. The molecule has 1 heterocycles. The Morgan fingerprint density at radius 1 is 1.62 bits per heavy atom. The fourth-order valence-electron chi connectivity index (χ4n) is 1.55. The van der Waals surface area contributed by atoms with Gasteiger partial charge >= 0.3 is 0 Å². The number of aromatic nitrogens is 1. The molecular weight excluding hydrogens is 228 g/mol. The molecule has 6 heteroatoms. The molecule has 5 nitrogen and oxygen atoms in total. The van der Waals surface area contributed by atoms with Crippen molar-refractivity contribution in [3.8, 4) is 0 Å². The number of nitrogens with two attached hydrogens (primary N) is 2. The van der Waals surface area contributed by atoms with E-state index in [0.717, 1.165) is 5.56 Å². The molecule has 0 spiro atoms. The molecule has 0 bridgehead atoms. The van der Waals surface area contributed by atoms with E-state index in [2.05, 4.69) is 10.4 Å². The highest BCUT2D eigenvalue weighted by Gasteiger charge is 2.21. The first-order chi connectivity index (χ1) is 7.60. The number of rotatable bonds is 5. The van der Waals surface area contributed by atoms with Crippen LogP contribution in [0.2, 0.25) is 5.02 Å². The zero-order chi connectivity index (χ0) is 12.1. The minimum absolute atomic E-state index is 0.113. The van der Waals surface area contributed by atoms with Crippen molar-refractivity contribution < 1.29 is 4.74 Å². The molecule has 0 saturated heterocycles. The van der Waals surface area contributed by atoms with E-state index in [1.54, 1.807) is 6.07 Å². The summed E-state index contributed by atoms with van der Waals surface area (Å²) in [4.78, 5) is 3.98. The van der Waals surface area contributed by atoms with Gasteiger partial charge in [-0.2, -0.15) is 0 Å². The zero-order valence-electron chi connectivity index (χ0n) is 9.40. The van der Waals surface area contributed by atoms with Crippen LogP contribution < -0.4 is 17.0 Å². The minimum atomic E-state index is -0.230. The van der Waals surface area contributed by atoms with Gasteiger partial charge in [0.2, 0.25) is 0 Å². The van der Waals surface area contributed by atoms with Crippen molar-refractivity contribution in [2.24, 2.45) is 5.84 Å². The van der Waals surface area contributed by atoms with E-state index in [1.165, 1.54) is 6.20 Å². The summed E-state index contributed by atoms with van der Waals surface area (Å²) in [6, 6.07) is 1.51. The average Bonchev–Trinajstić information content (AvgIpc) is 2.24. The molecule has 0 radical (unpaired) electrons. The number of pyridine rings is 1. The zero-order valence-corrected chi connectivity index (χ0v) is 10.2. The molecule has 5 N–H and O–H groups in total. The van der Waals surface area contributed by atoms with Gasteiger partial charge in [0.15, 0.2) is 0 Å². The molecule has 1 rings (SSSR count). The van der Waals surface area contributed by atoms with Crippen molar-refractivity contribution in [1.82, 2.24) is 10.4 Å². The Labute approximate surface area is 100 Å². The van der Waals surface area contributed by atoms with E-state index in [0.29, 0.717) is 17.4 Å². The van der Waals surface area contributed by atoms with Gasteiger partial charge in [-0.1, -0.05) is 11.6 Å². The molecule has 2 unspecified atom stereocenters. The van der Waals surface area contributed by atoms with Crippen LogP contribution >= 0.6 is 11.6 Å². The van der Waals surface area contributed by atoms with Crippen LogP contribution in [0.15, 0.2) is 12.3 Å². The summed E-state index contributed by atoms with van der Waals surface area (Å²) in [5.41, 5.74) is 9.19. The summed E-state index contributed by atoms with van der Waals surface area (Å²) in [6.07, 6.45) is 1.39. The lowest BCUT2D eigenvalue weighted by Gasteiger charge is -2.24. The Hall–Kier alpha value is -0.880. The van der Waals surface area contributed by atoms with Crippen molar-refractivity contribution in [1.29, 1.82) is 0 Å². The Morgan fingerprint density at radius 2 is 2.31 bits per heavy atom. The largest absolute Gasteiger partial charge is 0.383 e. The number of hydrogen-bond acceptors (Lipinski definition) is 5. The third-order valence-corrected chi connectivity index (χ3v) is 2.54. The average molecular weight is 245 g/mol. The van der Waals surface area contributed by atoms with E-state index in [4.69, 9.17) is 27.9 Å². The van der Waals surface area contributed by atoms with Gasteiger partial charge in [-0.3, -0.25) is 11.3 Å². The minimum Gasteiger partial charge on any atom is -0.383 e. The summed E-state index contributed by atoms with van der Waals surface area (Å²) in [6.45, 7) is 4.44. The molecule has 0 saturated carbocycles. The maximum Gasteiger partial charge on any atom is 0.128 e. The van der Waals surface area contributed by atoms with Crippen molar-refractivity contribution in [3.63, 3.8) is 0 Å². The van der Waals surface area contributed by atoms with Crippen molar-refractivity contribution in [2.75, 3.05) is 12.3 Å². The first-order valence-electron chi connectivity index (χ1n) is 5.08. The first kappa shape index (κ1) is 13.2. The van der Waals surface area contributed by atoms with Gasteiger partial charge in [-0.15, -0.1) is 0 Å². The number of nitrogens with zero attached hydrogens (tertiary/aromatic N) is 1. The topological polar surface area (TPSA) is 86.2 Å². The Balaban J connectivity index is 2.98. The highest BCUT2D eigenvalue weighted by atomic mass is 35.5. The summed E-state index contributed by atoms with van der Waals surface area (Å²) < 4.78 is 5.48. The number of ether oxygens (including phenoxy) is 1. The van der Waals surface area contributed by atoms with Gasteiger partial charge in [0.1, 0.15) is 5.82 Å². The summed E-state index contributed by atoms with van der Waals surface area (Å²) >= 11 is 5.87. The Morgan fingerprint density at radius 3 is 2.88 bits per heavy atom. The highest BCUT2D eigenvalue weighted by Crippen LogP contribution is 2.25. The van der Waals surface area contributed by atoms with Gasteiger partial charge in [-0.05, 0) is 19.9 Å². The van der Waals surface area contributed by atoms with Crippen LogP contribution in [0.5, 0.6) is 0 Å². The van der Waals surface area contributed by atoms with E-state index < -0.39 is 0 Å². The number of anilines is 1. The number of hydrogen-bond donors (Lipinski definition) is 3. The van der Waals surface area contributed by atoms with Crippen LogP contribution in [0, 0.1) is 0 Å². The Bertz CT molecular complexity index is 348. The van der Waals surface area contributed by atoms with E-state index in [9.17, 15) is 0 Å². The molecule has 90 valence electrons. The molecule has 0 aromatic carbocycles. The summed E-state index contributed by atoms with van der Waals surface area (Å²) in [7, 11) is 0. The van der Waals surface area contributed by atoms with Crippen molar-refractivity contribution in [3.05, 3.63) is 22.8 Å². The van der Waals surface area contributed by atoms with Crippen LogP contribution in [0.4, 0.5) is 5.82 Å². The lowest BCUT2D eigenvalue weighted by molar-refractivity contribution is 0.0473. The SMILES string of the molecule is CCOC(C)C(NN)c1cc(Cl)cnc1N. The number of halogens is 1. The molecule has 1 aromatic heterocycles. The monoisotopic (exact) mass is 244 g/mol. The second kappa shape index (κ2) is 6.00. The van der Waals surface area contributed by atoms with Crippen LogP contribution in [0.3, 0.4) is 0 Å². The third-order valence-electron chi connectivity index (χ3n) is 2.33. The normalized spacial score (nSPS) is 14.8. The highest BCUT2D eigenvalue weighted by molar-refractivity contribution is 6.30. The van der Waals surface area contributed by atoms with Crippen molar-refractivity contribution >= 4 is 17.4 Å². The molecule has 1 aromatic rings. The molecule has 0 aliphatic heterocycles. The summed E-state index contributed by atoms with van der Waals surface area (Å²) in [5, 5.41) is 0.521. The smallest absolute Gasteiger partial charge is 0.128 e. The standard InChI is InChI=1S/C10H17ClN4O/c1-3-16-6(2)9(15-13)8-4-7(11)5-14-10(8)12/h4-6,9,15H,3,13H2,1-2H3,(H2,12,14). The fraction of sp³-hybridized carbons (Fsp3) is 0.500. The third kappa shape index (κ3) is 3.05. The van der Waals surface area contributed by atoms with Gasteiger partial charge in [-0.25, -0.2) is 4.98 Å². The molecule has 0 aliphatic rings. The first-order valence-corrected chi connectivity index (χ1v) is 5.46. The van der Waals surface area contributed by atoms with Crippen LogP contribution in [-0.4, -0.2) is 17.7 Å². The van der Waals surface area contributed by atoms with E-state index in [-0.39, 0.29) is 12.1 Å². The van der Waals surface area contributed by atoms with Crippen LogP contribution in [0.1, 0.15) is 25.5 Å². The fourth-order valence-corrected chi connectivity index (χ4v) is 1.72. The van der Waals surface area contributed by atoms with Gasteiger partial charge in [0.05, 0.1) is 17.2 Å². The predicted octanol–water partition coefficient (Wildman–Crippen LogP) is 1.25. The van der Waals surface area contributed by atoms with Crippen LogP contribution in [0.25, 0.3) is 0 Å². The molecule has 0 aliphatic carbocycles. The quantitative estimate of drug-likeness (QED) is 0.536. The van der Waals surface area contributed by atoms with E-state index in [1.807, 2.05) is 13.8 Å². The maximum atomic E-state index is 5.87. The van der Waals surface area contributed by atoms with Gasteiger partial charge in [0, 0.05) is 18.4 Å². The number of nitrogen functional groups attached to an aromatic ring is 1. The summed E-state index contributed by atoms with van der Waals surface area (Å²) in [5.74, 6) is 5.90. The molecular formula is C10H17ClN4O. The van der Waals surface area contributed by atoms with Crippen molar-refractivity contribution in [2.45, 2.75) is 26.0 Å². The van der Waals surface area contributed by atoms with Gasteiger partial charge < -0.3 is 10.5 Å². The second-order valence-electron chi connectivity index (χ2n) is 3.43. The lowest BCUT2D eigenvalue weighted by atomic mass is 10.0.